The Kier molecular flexibility index (Phi) is 3.88. The molecule has 1 N–H and O–H groups in total. The third-order valence-electron chi connectivity index (χ3n) is 3.49. The van der Waals surface area contributed by atoms with Crippen LogP contribution >= 0.6 is 11.6 Å². The highest BCUT2D eigenvalue weighted by atomic mass is 35.5. The van der Waals surface area contributed by atoms with Crippen LogP contribution < -0.4 is 0 Å². The van der Waals surface area contributed by atoms with Gasteiger partial charge in [-0.15, -0.1) is 0 Å². The van der Waals surface area contributed by atoms with Crippen molar-refractivity contribution in [1.82, 2.24) is 4.90 Å². The van der Waals surface area contributed by atoms with Crippen LogP contribution in [0.1, 0.15) is 23.7 Å². The van der Waals surface area contributed by atoms with Crippen molar-refractivity contribution in [2.24, 2.45) is 5.92 Å². The molecule has 3 nitrogen and oxygen atoms in total. The van der Waals surface area contributed by atoms with Gasteiger partial charge in [0.25, 0.3) is 5.91 Å². The summed E-state index contributed by atoms with van der Waals surface area (Å²) in [6.07, 6.45) is 0.826. The first-order chi connectivity index (χ1) is 8.54. The fourth-order valence-electron chi connectivity index (χ4n) is 2.36. The summed E-state index contributed by atoms with van der Waals surface area (Å²) >= 11 is 5.66. The minimum Gasteiger partial charge on any atom is -0.394 e. The van der Waals surface area contributed by atoms with Crippen LogP contribution in [0.15, 0.2) is 18.2 Å². The molecular formula is C13H15ClFNO2. The van der Waals surface area contributed by atoms with Gasteiger partial charge < -0.3 is 10.0 Å². The number of nitrogens with zero attached hydrogens (tertiary/aromatic N) is 1. The largest absolute Gasteiger partial charge is 0.394 e. The summed E-state index contributed by atoms with van der Waals surface area (Å²) in [5.41, 5.74) is 0.00644. The molecule has 5 heteroatoms. The normalized spacial score (nSPS) is 23.4. The molecule has 98 valence electrons. The first kappa shape index (κ1) is 13.3. The predicted octanol–water partition coefficient (Wildman–Crippen LogP) is 2.32. The first-order valence-electron chi connectivity index (χ1n) is 5.91. The van der Waals surface area contributed by atoms with Crippen molar-refractivity contribution in [3.05, 3.63) is 34.6 Å². The fraction of sp³-hybridized carbons (Fsp3) is 0.462. The molecule has 0 saturated carbocycles. The lowest BCUT2D eigenvalue weighted by Crippen LogP contribution is -2.40. The van der Waals surface area contributed by atoms with Crippen LogP contribution in [0.5, 0.6) is 0 Å². The summed E-state index contributed by atoms with van der Waals surface area (Å²) in [6.45, 7) is 2.43. The van der Waals surface area contributed by atoms with Crippen LogP contribution in [0.25, 0.3) is 0 Å². The molecule has 1 heterocycles. The quantitative estimate of drug-likeness (QED) is 0.897. The first-order valence-corrected chi connectivity index (χ1v) is 6.29. The third kappa shape index (κ3) is 2.35. The number of hydrogen-bond donors (Lipinski definition) is 1. The highest BCUT2D eigenvalue weighted by Gasteiger charge is 2.35. The number of halogens is 2. The summed E-state index contributed by atoms with van der Waals surface area (Å²) in [7, 11) is 0. The second-order valence-corrected chi connectivity index (χ2v) is 5.08. The number of aliphatic hydroxyl groups excluding tert-OH is 1. The van der Waals surface area contributed by atoms with Crippen LogP contribution in [0.3, 0.4) is 0 Å². The highest BCUT2D eigenvalue weighted by Crippen LogP contribution is 2.26. The zero-order valence-electron chi connectivity index (χ0n) is 10.1. The molecule has 0 radical (unpaired) electrons. The lowest BCUT2D eigenvalue weighted by molar-refractivity contribution is 0.0643. The average Bonchev–Trinajstić information content (AvgIpc) is 2.69. The van der Waals surface area contributed by atoms with Crippen LogP contribution in [0.4, 0.5) is 4.39 Å². The molecule has 0 spiro atoms. The maximum Gasteiger partial charge on any atom is 0.257 e. The number of amides is 1. The van der Waals surface area contributed by atoms with Gasteiger partial charge >= 0.3 is 0 Å². The maximum atomic E-state index is 13.7. The number of rotatable bonds is 2. The average molecular weight is 272 g/mol. The highest BCUT2D eigenvalue weighted by molar-refractivity contribution is 6.30. The van der Waals surface area contributed by atoms with Crippen molar-refractivity contribution in [2.45, 2.75) is 19.4 Å². The predicted molar refractivity (Wildman–Crippen MR) is 67.1 cm³/mol. The molecule has 2 atom stereocenters. The van der Waals surface area contributed by atoms with E-state index >= 15 is 0 Å². The van der Waals surface area contributed by atoms with Gasteiger partial charge in [-0.05, 0) is 30.5 Å². The monoisotopic (exact) mass is 271 g/mol. The molecule has 1 saturated heterocycles. The zero-order chi connectivity index (χ0) is 13.3. The molecule has 1 aromatic carbocycles. The Labute approximate surface area is 110 Å². The second kappa shape index (κ2) is 5.24. The number of hydrogen-bond acceptors (Lipinski definition) is 2. The molecule has 2 unspecified atom stereocenters. The second-order valence-electron chi connectivity index (χ2n) is 4.64. The van der Waals surface area contributed by atoms with Crippen LogP contribution in [-0.4, -0.2) is 35.1 Å². The van der Waals surface area contributed by atoms with E-state index in [1.807, 2.05) is 6.92 Å². The van der Waals surface area contributed by atoms with E-state index in [1.54, 1.807) is 0 Å². The molecule has 1 fully saturated rings. The summed E-state index contributed by atoms with van der Waals surface area (Å²) < 4.78 is 13.7. The van der Waals surface area contributed by atoms with Crippen molar-refractivity contribution >= 4 is 17.5 Å². The van der Waals surface area contributed by atoms with E-state index in [2.05, 4.69) is 0 Å². The number of benzene rings is 1. The van der Waals surface area contributed by atoms with E-state index in [4.69, 9.17) is 11.6 Å². The van der Waals surface area contributed by atoms with Gasteiger partial charge in [0, 0.05) is 11.6 Å². The molecular weight excluding hydrogens is 257 g/mol. The molecule has 1 aliphatic heterocycles. The van der Waals surface area contributed by atoms with E-state index in [-0.39, 0.29) is 35.1 Å². The van der Waals surface area contributed by atoms with Crippen molar-refractivity contribution in [1.29, 1.82) is 0 Å². The minimum absolute atomic E-state index is 0.00644. The third-order valence-corrected chi connectivity index (χ3v) is 3.73. The fourth-order valence-corrected chi connectivity index (χ4v) is 2.52. The van der Waals surface area contributed by atoms with Gasteiger partial charge in [-0.3, -0.25) is 4.79 Å². The number of carbonyl (C=O) groups excluding carboxylic acids is 1. The Balaban J connectivity index is 2.26. The van der Waals surface area contributed by atoms with Gasteiger partial charge in [-0.2, -0.15) is 0 Å². The molecule has 1 aliphatic rings. The van der Waals surface area contributed by atoms with Gasteiger partial charge in [0.1, 0.15) is 5.82 Å². The summed E-state index contributed by atoms with van der Waals surface area (Å²) in [6, 6.07) is 3.78. The molecule has 0 aliphatic carbocycles. The molecule has 2 rings (SSSR count). The molecule has 1 aromatic rings. The van der Waals surface area contributed by atoms with Gasteiger partial charge in [0.2, 0.25) is 0 Å². The van der Waals surface area contributed by atoms with Crippen molar-refractivity contribution in [2.75, 3.05) is 13.2 Å². The van der Waals surface area contributed by atoms with E-state index in [0.717, 1.165) is 12.5 Å². The number of carbonyl (C=O) groups is 1. The smallest absolute Gasteiger partial charge is 0.257 e. The zero-order valence-corrected chi connectivity index (χ0v) is 10.8. The Morgan fingerprint density at radius 1 is 1.61 bits per heavy atom. The SMILES string of the molecule is CC1CCN(C(=O)c2ccc(Cl)cc2F)C1CO. The van der Waals surface area contributed by atoms with Crippen LogP contribution in [-0.2, 0) is 0 Å². The van der Waals surface area contributed by atoms with Gasteiger partial charge in [-0.1, -0.05) is 18.5 Å². The lowest BCUT2D eigenvalue weighted by Gasteiger charge is -2.25. The number of aliphatic hydroxyl groups is 1. The van der Waals surface area contributed by atoms with E-state index in [1.165, 1.54) is 17.0 Å². The molecule has 1 amide bonds. The minimum atomic E-state index is -0.622. The van der Waals surface area contributed by atoms with Gasteiger partial charge in [0.05, 0.1) is 18.2 Å². The van der Waals surface area contributed by atoms with E-state index in [9.17, 15) is 14.3 Å². The van der Waals surface area contributed by atoms with Crippen molar-refractivity contribution in [3.63, 3.8) is 0 Å². The van der Waals surface area contributed by atoms with E-state index < -0.39 is 5.82 Å². The molecule has 0 aromatic heterocycles. The molecule has 0 bridgehead atoms. The van der Waals surface area contributed by atoms with E-state index in [0.29, 0.717) is 6.54 Å². The van der Waals surface area contributed by atoms with Crippen LogP contribution in [0.2, 0.25) is 5.02 Å². The number of likely N-dealkylation sites (tertiary alicyclic amines) is 1. The van der Waals surface area contributed by atoms with Crippen molar-refractivity contribution in [3.8, 4) is 0 Å². The van der Waals surface area contributed by atoms with Crippen LogP contribution in [0, 0.1) is 11.7 Å². The summed E-state index contributed by atoms with van der Waals surface area (Å²) in [5.74, 6) is -0.773. The Morgan fingerprint density at radius 3 is 2.94 bits per heavy atom. The van der Waals surface area contributed by atoms with Gasteiger partial charge in [0.15, 0.2) is 0 Å². The Bertz CT molecular complexity index is 466. The molecule has 18 heavy (non-hydrogen) atoms. The Hall–Kier alpha value is -1.13. The summed E-state index contributed by atoms with van der Waals surface area (Å²) in [4.78, 5) is 13.8. The topological polar surface area (TPSA) is 40.5 Å². The maximum absolute atomic E-state index is 13.7. The van der Waals surface area contributed by atoms with Crippen molar-refractivity contribution < 1.29 is 14.3 Å². The lowest BCUT2D eigenvalue weighted by atomic mass is 10.0. The Morgan fingerprint density at radius 2 is 2.33 bits per heavy atom. The standard InChI is InChI=1S/C13H15ClFNO2/c1-8-4-5-16(12(8)7-17)13(18)10-3-2-9(14)6-11(10)15/h2-3,6,8,12,17H,4-5,7H2,1H3. The summed E-state index contributed by atoms with van der Waals surface area (Å²) in [5, 5.41) is 9.57. The van der Waals surface area contributed by atoms with Gasteiger partial charge in [-0.25, -0.2) is 4.39 Å².